The minimum absolute atomic E-state index is 1.10. The summed E-state index contributed by atoms with van der Waals surface area (Å²) in [5, 5.41) is 1.40. The van der Waals surface area contributed by atoms with Crippen LogP contribution in [0.2, 0.25) is 0 Å². The Hall–Kier alpha value is -0.470. The second-order valence-corrected chi connectivity index (χ2v) is 5.25. The molecule has 0 aliphatic rings. The highest BCUT2D eigenvalue weighted by Gasteiger charge is 2.06. The Bertz CT molecular complexity index is 414. The molecule has 0 saturated carbocycles. The van der Waals surface area contributed by atoms with E-state index in [4.69, 9.17) is 0 Å². The molecule has 1 aromatic carbocycles. The molecule has 2 heteroatoms. The van der Waals surface area contributed by atoms with Crippen molar-refractivity contribution in [3.63, 3.8) is 0 Å². The molecule has 0 aliphatic carbocycles. The number of benzene rings is 1. The van der Waals surface area contributed by atoms with Gasteiger partial charge in [0.05, 0.1) is 4.21 Å². The monoisotopic (exact) mass is 222 g/mol. The SMILES string of the molecule is CCc1ccc(CC)c2sc(S)cc12. The fourth-order valence-electron chi connectivity index (χ4n) is 1.81. The molecule has 0 spiro atoms. The first kappa shape index (κ1) is 10.1. The Morgan fingerprint density at radius 2 is 1.79 bits per heavy atom. The fraction of sp³-hybridized carbons (Fsp3) is 0.333. The highest BCUT2D eigenvalue weighted by molar-refractivity contribution is 7.83. The quantitative estimate of drug-likeness (QED) is 0.719. The van der Waals surface area contributed by atoms with E-state index in [1.807, 2.05) is 0 Å². The summed E-state index contributed by atoms with van der Waals surface area (Å²) >= 11 is 6.23. The lowest BCUT2D eigenvalue weighted by Gasteiger charge is -2.03. The zero-order chi connectivity index (χ0) is 10.1. The number of fused-ring (bicyclic) bond motifs is 1. The van der Waals surface area contributed by atoms with E-state index in [9.17, 15) is 0 Å². The number of aryl methyl sites for hydroxylation is 2. The van der Waals surface area contributed by atoms with Gasteiger partial charge >= 0.3 is 0 Å². The lowest BCUT2D eigenvalue weighted by molar-refractivity contribution is 1.13. The summed E-state index contributed by atoms with van der Waals surface area (Å²) in [6.45, 7) is 4.41. The molecule has 0 unspecified atom stereocenters. The van der Waals surface area contributed by atoms with Gasteiger partial charge in [0.25, 0.3) is 0 Å². The van der Waals surface area contributed by atoms with Crippen LogP contribution in [0.15, 0.2) is 22.4 Å². The molecule has 0 nitrogen and oxygen atoms in total. The lowest BCUT2D eigenvalue weighted by Crippen LogP contribution is -1.85. The first-order chi connectivity index (χ1) is 6.76. The Kier molecular flexibility index (Phi) is 2.84. The van der Waals surface area contributed by atoms with Crippen LogP contribution in [0.1, 0.15) is 25.0 Å². The van der Waals surface area contributed by atoms with Gasteiger partial charge in [0.15, 0.2) is 0 Å². The molecular weight excluding hydrogens is 208 g/mol. The highest BCUT2D eigenvalue weighted by atomic mass is 32.2. The van der Waals surface area contributed by atoms with Gasteiger partial charge in [-0.05, 0) is 35.4 Å². The molecule has 0 aliphatic heterocycles. The van der Waals surface area contributed by atoms with Crippen molar-refractivity contribution in [2.75, 3.05) is 0 Å². The molecule has 0 amide bonds. The number of hydrogen-bond donors (Lipinski definition) is 1. The van der Waals surface area contributed by atoms with E-state index in [1.165, 1.54) is 21.2 Å². The van der Waals surface area contributed by atoms with Crippen LogP contribution >= 0.6 is 24.0 Å². The summed E-state index contributed by atoms with van der Waals surface area (Å²) < 4.78 is 2.55. The Balaban J connectivity index is 2.77. The molecular formula is C12H14S2. The van der Waals surface area contributed by atoms with E-state index in [0.717, 1.165) is 17.1 Å². The zero-order valence-corrected chi connectivity index (χ0v) is 10.2. The van der Waals surface area contributed by atoms with E-state index in [1.54, 1.807) is 11.3 Å². The Morgan fingerprint density at radius 3 is 2.43 bits per heavy atom. The van der Waals surface area contributed by atoms with E-state index in [-0.39, 0.29) is 0 Å². The van der Waals surface area contributed by atoms with Crippen LogP contribution < -0.4 is 0 Å². The highest BCUT2D eigenvalue weighted by Crippen LogP contribution is 2.33. The van der Waals surface area contributed by atoms with Crippen LogP contribution in [0.5, 0.6) is 0 Å². The zero-order valence-electron chi connectivity index (χ0n) is 8.50. The summed E-state index contributed by atoms with van der Waals surface area (Å²) in [7, 11) is 0. The normalized spacial score (nSPS) is 11.1. The third kappa shape index (κ3) is 1.57. The molecule has 2 rings (SSSR count). The van der Waals surface area contributed by atoms with E-state index in [2.05, 4.69) is 44.7 Å². The topological polar surface area (TPSA) is 0 Å². The van der Waals surface area contributed by atoms with Crippen LogP contribution in [0, 0.1) is 0 Å². The van der Waals surface area contributed by atoms with E-state index in [0.29, 0.717) is 0 Å². The predicted octanol–water partition coefficient (Wildman–Crippen LogP) is 4.31. The minimum atomic E-state index is 1.10. The Labute approximate surface area is 94.4 Å². The molecule has 74 valence electrons. The average Bonchev–Trinajstić information content (AvgIpc) is 2.57. The number of rotatable bonds is 2. The van der Waals surface area contributed by atoms with Gasteiger partial charge in [0.2, 0.25) is 0 Å². The van der Waals surface area contributed by atoms with Gasteiger partial charge in [0.1, 0.15) is 0 Å². The fourth-order valence-corrected chi connectivity index (χ4v) is 3.24. The van der Waals surface area contributed by atoms with Crippen LogP contribution in [0.3, 0.4) is 0 Å². The van der Waals surface area contributed by atoms with Crippen LogP contribution in [0.4, 0.5) is 0 Å². The van der Waals surface area contributed by atoms with E-state index >= 15 is 0 Å². The molecule has 0 saturated heterocycles. The molecule has 0 bridgehead atoms. The minimum Gasteiger partial charge on any atom is -0.133 e. The van der Waals surface area contributed by atoms with Gasteiger partial charge in [-0.1, -0.05) is 26.0 Å². The van der Waals surface area contributed by atoms with Crippen molar-refractivity contribution in [2.24, 2.45) is 0 Å². The third-order valence-corrected chi connectivity index (χ3v) is 4.02. The van der Waals surface area contributed by atoms with E-state index < -0.39 is 0 Å². The first-order valence-electron chi connectivity index (χ1n) is 4.99. The van der Waals surface area contributed by atoms with Crippen LogP contribution in [-0.4, -0.2) is 0 Å². The van der Waals surface area contributed by atoms with Gasteiger partial charge < -0.3 is 0 Å². The van der Waals surface area contributed by atoms with Crippen molar-refractivity contribution in [2.45, 2.75) is 30.9 Å². The molecule has 14 heavy (non-hydrogen) atoms. The first-order valence-corrected chi connectivity index (χ1v) is 6.25. The van der Waals surface area contributed by atoms with Crippen molar-refractivity contribution < 1.29 is 0 Å². The summed E-state index contributed by atoms with van der Waals surface area (Å²) in [5.41, 5.74) is 2.89. The number of thiol groups is 1. The van der Waals surface area contributed by atoms with Gasteiger partial charge in [0, 0.05) is 4.70 Å². The van der Waals surface area contributed by atoms with Crippen molar-refractivity contribution in [1.82, 2.24) is 0 Å². The van der Waals surface area contributed by atoms with Gasteiger partial charge in [-0.25, -0.2) is 0 Å². The van der Waals surface area contributed by atoms with Crippen molar-refractivity contribution in [3.8, 4) is 0 Å². The largest absolute Gasteiger partial charge is 0.133 e. The molecule has 0 N–H and O–H groups in total. The second kappa shape index (κ2) is 3.95. The number of hydrogen-bond acceptors (Lipinski definition) is 2. The van der Waals surface area contributed by atoms with Crippen LogP contribution in [0.25, 0.3) is 10.1 Å². The Morgan fingerprint density at radius 1 is 1.14 bits per heavy atom. The third-order valence-electron chi connectivity index (χ3n) is 2.60. The molecule has 1 heterocycles. The average molecular weight is 222 g/mol. The molecule has 0 fully saturated rings. The summed E-state index contributed by atoms with van der Waals surface area (Å²) in [6, 6.07) is 6.70. The van der Waals surface area contributed by atoms with Crippen LogP contribution in [-0.2, 0) is 12.8 Å². The predicted molar refractivity (Wildman–Crippen MR) is 67.8 cm³/mol. The summed E-state index contributed by atoms with van der Waals surface area (Å²) in [4.78, 5) is 0. The molecule has 1 aromatic heterocycles. The van der Waals surface area contributed by atoms with Gasteiger partial charge in [-0.15, -0.1) is 24.0 Å². The number of thiophene rings is 1. The molecule has 0 atom stereocenters. The van der Waals surface area contributed by atoms with Gasteiger partial charge in [-0.2, -0.15) is 0 Å². The second-order valence-electron chi connectivity index (χ2n) is 3.42. The maximum absolute atomic E-state index is 4.43. The van der Waals surface area contributed by atoms with Crippen molar-refractivity contribution in [3.05, 3.63) is 29.3 Å². The van der Waals surface area contributed by atoms with Gasteiger partial charge in [-0.3, -0.25) is 0 Å². The maximum Gasteiger partial charge on any atom is 0.0580 e. The standard InChI is InChI=1S/C12H14S2/c1-3-8-5-6-9(4-2)12-10(8)7-11(13)14-12/h5-7,13H,3-4H2,1-2H3. The lowest BCUT2D eigenvalue weighted by atomic mass is 10.0. The van der Waals surface area contributed by atoms with Crippen molar-refractivity contribution >= 4 is 34.1 Å². The summed E-state index contributed by atoms with van der Waals surface area (Å²) in [6.07, 6.45) is 2.21. The smallest absolute Gasteiger partial charge is 0.0580 e. The molecule has 2 aromatic rings. The molecule has 0 radical (unpaired) electrons. The maximum atomic E-state index is 4.43. The summed E-state index contributed by atoms with van der Waals surface area (Å²) in [5.74, 6) is 0. The van der Waals surface area contributed by atoms with Crippen molar-refractivity contribution in [1.29, 1.82) is 0 Å².